The number of nitro benzene ring substituents is 1. The third-order valence-corrected chi connectivity index (χ3v) is 3.66. The standard InChI is InChI=1S/C14H15ClN2O5/c1-9(13(18)16-6-2-3-7-16)22-14(19)11-8-10(15)4-5-12(11)17(20)21/h4-5,8-9H,2-3,6-7H2,1H3/t9-/m0/s1. The summed E-state index contributed by atoms with van der Waals surface area (Å²) >= 11 is 5.76. The topological polar surface area (TPSA) is 89.7 Å². The molecule has 7 nitrogen and oxygen atoms in total. The lowest BCUT2D eigenvalue weighted by atomic mass is 10.2. The number of carbonyl (C=O) groups is 2. The number of hydrogen-bond acceptors (Lipinski definition) is 5. The minimum atomic E-state index is -0.996. The summed E-state index contributed by atoms with van der Waals surface area (Å²) in [6, 6.07) is 3.61. The number of nitrogens with zero attached hydrogens (tertiary/aromatic N) is 2. The summed E-state index contributed by atoms with van der Waals surface area (Å²) in [4.78, 5) is 36.0. The molecule has 0 N–H and O–H groups in total. The summed E-state index contributed by atoms with van der Waals surface area (Å²) in [5.74, 6) is -1.23. The monoisotopic (exact) mass is 326 g/mol. The summed E-state index contributed by atoms with van der Waals surface area (Å²) in [5.41, 5.74) is -0.672. The fraction of sp³-hybridized carbons (Fsp3) is 0.429. The molecule has 2 rings (SSSR count). The third-order valence-electron chi connectivity index (χ3n) is 3.42. The molecule has 1 saturated heterocycles. The van der Waals surface area contributed by atoms with Crippen LogP contribution in [0.2, 0.25) is 5.02 Å². The van der Waals surface area contributed by atoms with Crippen molar-refractivity contribution in [3.63, 3.8) is 0 Å². The Labute approximate surface area is 131 Å². The Kier molecular flexibility index (Phi) is 4.97. The van der Waals surface area contributed by atoms with Gasteiger partial charge in [-0.05, 0) is 31.9 Å². The number of likely N-dealkylation sites (tertiary alicyclic amines) is 1. The lowest BCUT2D eigenvalue weighted by Gasteiger charge is -2.20. The highest BCUT2D eigenvalue weighted by Crippen LogP contribution is 2.24. The van der Waals surface area contributed by atoms with Gasteiger partial charge in [-0.3, -0.25) is 14.9 Å². The molecule has 1 atom stereocenters. The molecule has 0 bridgehead atoms. The fourth-order valence-corrected chi connectivity index (χ4v) is 2.47. The number of rotatable bonds is 4. The van der Waals surface area contributed by atoms with Gasteiger partial charge in [0.05, 0.1) is 4.92 Å². The van der Waals surface area contributed by atoms with Crippen molar-refractivity contribution in [2.45, 2.75) is 25.9 Å². The Morgan fingerprint density at radius 3 is 2.59 bits per heavy atom. The number of hydrogen-bond donors (Lipinski definition) is 0. The zero-order chi connectivity index (χ0) is 16.3. The van der Waals surface area contributed by atoms with Crippen LogP contribution in [0, 0.1) is 10.1 Å². The molecule has 22 heavy (non-hydrogen) atoms. The highest BCUT2D eigenvalue weighted by Gasteiger charge is 2.29. The lowest BCUT2D eigenvalue weighted by Crippen LogP contribution is -2.38. The molecule has 1 aliphatic heterocycles. The molecule has 0 aromatic heterocycles. The largest absolute Gasteiger partial charge is 0.449 e. The van der Waals surface area contributed by atoms with Crippen LogP contribution in [0.3, 0.4) is 0 Å². The zero-order valence-electron chi connectivity index (χ0n) is 12.0. The molecule has 8 heteroatoms. The predicted octanol–water partition coefficient (Wildman–Crippen LogP) is 2.42. The molecule has 0 saturated carbocycles. The van der Waals surface area contributed by atoms with Crippen molar-refractivity contribution in [2.24, 2.45) is 0 Å². The van der Waals surface area contributed by atoms with Crippen LogP contribution in [0.5, 0.6) is 0 Å². The van der Waals surface area contributed by atoms with E-state index in [9.17, 15) is 19.7 Å². The second-order valence-corrected chi connectivity index (χ2v) is 5.43. The van der Waals surface area contributed by atoms with Crippen molar-refractivity contribution in [2.75, 3.05) is 13.1 Å². The van der Waals surface area contributed by atoms with Gasteiger partial charge in [0.15, 0.2) is 6.10 Å². The quantitative estimate of drug-likeness (QED) is 0.481. The summed E-state index contributed by atoms with van der Waals surface area (Å²) in [6.45, 7) is 2.73. The van der Waals surface area contributed by atoms with Crippen molar-refractivity contribution in [1.29, 1.82) is 0 Å². The van der Waals surface area contributed by atoms with Crippen molar-refractivity contribution in [1.82, 2.24) is 4.90 Å². The van der Waals surface area contributed by atoms with Gasteiger partial charge >= 0.3 is 5.97 Å². The smallest absolute Gasteiger partial charge is 0.345 e. The van der Waals surface area contributed by atoms with E-state index in [4.69, 9.17) is 16.3 Å². The SMILES string of the molecule is C[C@H](OC(=O)c1cc(Cl)ccc1[N+](=O)[O-])C(=O)N1CCCC1. The van der Waals surface area contributed by atoms with E-state index in [2.05, 4.69) is 0 Å². The zero-order valence-corrected chi connectivity index (χ0v) is 12.7. The maximum atomic E-state index is 12.1. The van der Waals surface area contributed by atoms with Crippen molar-refractivity contribution in [3.05, 3.63) is 38.9 Å². The summed E-state index contributed by atoms with van der Waals surface area (Å²) in [5, 5.41) is 11.1. The van der Waals surface area contributed by atoms with E-state index in [0.717, 1.165) is 25.0 Å². The number of carbonyl (C=O) groups excluding carboxylic acids is 2. The van der Waals surface area contributed by atoms with E-state index in [1.807, 2.05) is 0 Å². The third kappa shape index (κ3) is 3.54. The minimum Gasteiger partial charge on any atom is -0.449 e. The molecule has 1 amide bonds. The van der Waals surface area contributed by atoms with Gasteiger partial charge in [-0.2, -0.15) is 0 Å². The van der Waals surface area contributed by atoms with Gasteiger partial charge in [-0.1, -0.05) is 11.6 Å². The minimum absolute atomic E-state index is 0.177. The van der Waals surface area contributed by atoms with Gasteiger partial charge in [-0.25, -0.2) is 4.79 Å². The van der Waals surface area contributed by atoms with Crippen LogP contribution in [0.4, 0.5) is 5.69 Å². The highest BCUT2D eigenvalue weighted by molar-refractivity contribution is 6.31. The maximum absolute atomic E-state index is 12.1. The molecule has 1 aromatic carbocycles. The van der Waals surface area contributed by atoms with Gasteiger partial charge < -0.3 is 9.64 Å². The van der Waals surface area contributed by atoms with E-state index < -0.39 is 22.7 Å². The average molecular weight is 327 g/mol. The predicted molar refractivity (Wildman–Crippen MR) is 78.8 cm³/mol. The summed E-state index contributed by atoms with van der Waals surface area (Å²) in [7, 11) is 0. The average Bonchev–Trinajstić information content (AvgIpc) is 2.99. The molecule has 1 aliphatic rings. The second kappa shape index (κ2) is 6.74. The Balaban J connectivity index is 2.13. The van der Waals surface area contributed by atoms with Gasteiger partial charge in [-0.15, -0.1) is 0 Å². The van der Waals surface area contributed by atoms with Gasteiger partial charge in [0.25, 0.3) is 11.6 Å². The number of benzene rings is 1. The van der Waals surface area contributed by atoms with Crippen LogP contribution in [-0.2, 0) is 9.53 Å². The lowest BCUT2D eigenvalue weighted by molar-refractivity contribution is -0.385. The summed E-state index contributed by atoms with van der Waals surface area (Å²) < 4.78 is 5.06. The van der Waals surface area contributed by atoms with Crippen molar-refractivity contribution >= 4 is 29.2 Å². The Morgan fingerprint density at radius 1 is 1.36 bits per heavy atom. The van der Waals surface area contributed by atoms with Gasteiger partial charge in [0.2, 0.25) is 0 Å². The molecule has 1 fully saturated rings. The molecular weight excluding hydrogens is 312 g/mol. The summed E-state index contributed by atoms with van der Waals surface area (Å²) in [6.07, 6.45) is 0.849. The first-order valence-corrected chi connectivity index (χ1v) is 7.21. The maximum Gasteiger partial charge on any atom is 0.345 e. The molecule has 1 aromatic rings. The molecule has 0 aliphatic carbocycles. The van der Waals surface area contributed by atoms with Gasteiger partial charge in [0.1, 0.15) is 5.56 Å². The van der Waals surface area contributed by atoms with Crippen LogP contribution in [0.15, 0.2) is 18.2 Å². The first-order valence-electron chi connectivity index (χ1n) is 6.84. The van der Waals surface area contributed by atoms with E-state index in [-0.39, 0.29) is 16.5 Å². The number of halogens is 1. The van der Waals surface area contributed by atoms with Crippen LogP contribution >= 0.6 is 11.6 Å². The molecule has 1 heterocycles. The van der Waals surface area contributed by atoms with E-state index in [1.165, 1.54) is 13.0 Å². The number of ether oxygens (including phenoxy) is 1. The second-order valence-electron chi connectivity index (χ2n) is 5.00. The highest BCUT2D eigenvalue weighted by atomic mass is 35.5. The first-order chi connectivity index (χ1) is 10.4. The molecular formula is C14H15ClN2O5. The van der Waals surface area contributed by atoms with Crippen LogP contribution in [-0.4, -0.2) is 40.9 Å². The van der Waals surface area contributed by atoms with Crippen LogP contribution in [0.1, 0.15) is 30.1 Å². The number of nitro groups is 1. The van der Waals surface area contributed by atoms with E-state index in [1.54, 1.807) is 4.90 Å². The first kappa shape index (κ1) is 16.2. The number of amides is 1. The van der Waals surface area contributed by atoms with Crippen LogP contribution < -0.4 is 0 Å². The molecule has 0 radical (unpaired) electrons. The van der Waals surface area contributed by atoms with Crippen molar-refractivity contribution < 1.29 is 19.2 Å². The number of esters is 1. The molecule has 0 unspecified atom stereocenters. The molecule has 118 valence electrons. The van der Waals surface area contributed by atoms with Crippen LogP contribution in [0.25, 0.3) is 0 Å². The Morgan fingerprint density at radius 2 is 2.00 bits per heavy atom. The Bertz CT molecular complexity index is 613. The van der Waals surface area contributed by atoms with E-state index >= 15 is 0 Å². The normalized spacial score (nSPS) is 15.5. The van der Waals surface area contributed by atoms with E-state index in [0.29, 0.717) is 13.1 Å². The van der Waals surface area contributed by atoms with Crippen molar-refractivity contribution in [3.8, 4) is 0 Å². The Hall–Kier alpha value is -2.15. The molecule has 0 spiro atoms. The van der Waals surface area contributed by atoms with Gasteiger partial charge in [0, 0.05) is 24.2 Å². The fourth-order valence-electron chi connectivity index (χ4n) is 2.30.